The van der Waals surface area contributed by atoms with Gasteiger partial charge in [-0.1, -0.05) is 29.3 Å². The van der Waals surface area contributed by atoms with Crippen LogP contribution in [0.3, 0.4) is 0 Å². The molecule has 0 saturated carbocycles. The molecule has 0 spiro atoms. The number of halogens is 2. The molecule has 1 aliphatic rings. The van der Waals surface area contributed by atoms with Crippen molar-refractivity contribution in [3.63, 3.8) is 0 Å². The zero-order chi connectivity index (χ0) is 38.7. The van der Waals surface area contributed by atoms with Crippen LogP contribution < -0.4 is 9.64 Å². The van der Waals surface area contributed by atoms with Crippen LogP contribution in [0.2, 0.25) is 10.0 Å². The number of amides is 1. The minimum Gasteiger partial charge on any atom is -0.494 e. The Morgan fingerprint density at radius 2 is 1.74 bits per heavy atom. The van der Waals surface area contributed by atoms with E-state index in [9.17, 15) is 9.90 Å². The monoisotopic (exact) mass is 768 g/mol. The zero-order valence-electron chi connectivity index (χ0n) is 32.0. The normalized spacial score (nSPS) is 14.5. The molecule has 7 rings (SSSR count). The minimum atomic E-state index is -0.991. The number of aromatic carboxylic acids is 1. The van der Waals surface area contributed by atoms with Crippen LogP contribution in [0.4, 0.5) is 5.82 Å². The lowest BCUT2D eigenvalue weighted by molar-refractivity contribution is 0.0696. The lowest BCUT2D eigenvalue weighted by Gasteiger charge is -2.35. The van der Waals surface area contributed by atoms with Crippen molar-refractivity contribution < 1.29 is 19.4 Å². The fourth-order valence-electron chi connectivity index (χ4n) is 8.07. The molecule has 3 aromatic heterocycles. The predicted octanol–water partition coefficient (Wildman–Crippen LogP) is 9.03. The SMILES string of the molecule is Cc1cc(OCCCc2c3n(c4c(-c5c(C)nn(C)c5C)c(Cl)ccc24)[C@H](C)CN(c2cc4cc(C(=O)O)ccc4n2CCN(C)C)C3=O)cc(C)c1Cl. The molecule has 3 aromatic carbocycles. The highest BCUT2D eigenvalue weighted by Crippen LogP contribution is 2.45. The number of carbonyl (C=O) groups excluding carboxylic acids is 1. The van der Waals surface area contributed by atoms with Crippen LogP contribution in [-0.2, 0) is 20.0 Å². The van der Waals surface area contributed by atoms with Crippen molar-refractivity contribution in [1.29, 1.82) is 0 Å². The van der Waals surface area contributed by atoms with E-state index in [2.05, 4.69) is 21.0 Å². The molecular weight excluding hydrogens is 723 g/mol. The molecule has 54 heavy (non-hydrogen) atoms. The maximum Gasteiger partial charge on any atom is 0.335 e. The van der Waals surface area contributed by atoms with Crippen molar-refractivity contribution in [3.8, 4) is 16.9 Å². The number of likely N-dealkylation sites (N-methyl/N-ethyl adjacent to an activating group) is 1. The van der Waals surface area contributed by atoms with Gasteiger partial charge in [-0.2, -0.15) is 5.10 Å². The molecular formula is C42H46Cl2N6O4. The Balaban J connectivity index is 1.38. The summed E-state index contributed by atoms with van der Waals surface area (Å²) in [5.74, 6) is 0.401. The number of hydrogen-bond acceptors (Lipinski definition) is 5. The molecule has 0 radical (unpaired) electrons. The van der Waals surface area contributed by atoms with Crippen molar-refractivity contribution in [3.05, 3.63) is 97.9 Å². The number of hydrogen-bond donors (Lipinski definition) is 1. The molecule has 4 heterocycles. The Bertz CT molecular complexity index is 2450. The number of ether oxygens (including phenoxy) is 1. The van der Waals surface area contributed by atoms with Gasteiger partial charge < -0.3 is 23.9 Å². The molecule has 0 saturated heterocycles. The third-order valence-electron chi connectivity index (χ3n) is 10.7. The summed E-state index contributed by atoms with van der Waals surface area (Å²) in [6.45, 7) is 12.3. The molecule has 1 atom stereocenters. The van der Waals surface area contributed by atoms with Gasteiger partial charge >= 0.3 is 5.97 Å². The van der Waals surface area contributed by atoms with E-state index >= 15 is 4.79 Å². The molecule has 282 valence electrons. The number of carbonyl (C=O) groups is 2. The van der Waals surface area contributed by atoms with E-state index in [0.717, 1.165) is 84.1 Å². The van der Waals surface area contributed by atoms with E-state index in [4.69, 9.17) is 33.0 Å². The highest BCUT2D eigenvalue weighted by atomic mass is 35.5. The topological polar surface area (TPSA) is 97.8 Å². The summed E-state index contributed by atoms with van der Waals surface area (Å²) < 4.78 is 12.4. The number of nitrogens with zero attached hydrogens (tertiary/aromatic N) is 6. The van der Waals surface area contributed by atoms with Gasteiger partial charge in [0.05, 0.1) is 28.4 Å². The maximum absolute atomic E-state index is 15.2. The van der Waals surface area contributed by atoms with E-state index in [0.29, 0.717) is 43.3 Å². The zero-order valence-corrected chi connectivity index (χ0v) is 33.6. The Labute approximate surface area is 325 Å². The van der Waals surface area contributed by atoms with Crippen molar-refractivity contribution in [1.82, 2.24) is 23.8 Å². The van der Waals surface area contributed by atoms with Gasteiger partial charge in [0.15, 0.2) is 0 Å². The molecule has 0 fully saturated rings. The van der Waals surface area contributed by atoms with Gasteiger partial charge in [-0.25, -0.2) is 4.79 Å². The summed E-state index contributed by atoms with van der Waals surface area (Å²) in [7, 11) is 5.96. The summed E-state index contributed by atoms with van der Waals surface area (Å²) in [5.41, 5.74) is 9.21. The predicted molar refractivity (Wildman–Crippen MR) is 217 cm³/mol. The summed E-state index contributed by atoms with van der Waals surface area (Å²) in [4.78, 5) is 31.1. The third kappa shape index (κ3) is 6.44. The minimum absolute atomic E-state index is 0.113. The first kappa shape index (κ1) is 37.5. The van der Waals surface area contributed by atoms with Gasteiger partial charge in [0, 0.05) is 70.9 Å². The second-order valence-electron chi connectivity index (χ2n) is 14.8. The van der Waals surface area contributed by atoms with Crippen molar-refractivity contribution in [2.75, 3.05) is 38.7 Å². The van der Waals surface area contributed by atoms with E-state index in [-0.39, 0.29) is 17.5 Å². The maximum atomic E-state index is 15.2. The standard InChI is InChI=1S/C42H46Cl2N6O4/c1-23-18-30(19-24(2)38(23)44)54-17-9-10-31-32-12-13-33(43)37(36-26(4)45-47(8)27(36)5)39(32)50-25(3)22-49(41(51)40(31)50)35-21-29-20-28(42(52)53)11-14-34(29)48(35)16-15-46(6)7/h11-14,18-21,25H,9-10,15-17,22H2,1-8H3,(H,52,53)/t25-/m1/s1. The quantitative estimate of drug-likeness (QED) is 0.132. The van der Waals surface area contributed by atoms with Gasteiger partial charge in [-0.05, 0) is 121 Å². The van der Waals surface area contributed by atoms with Crippen LogP contribution in [0.25, 0.3) is 32.9 Å². The molecule has 0 aliphatic carbocycles. The lowest BCUT2D eigenvalue weighted by atomic mass is 9.98. The molecule has 6 aromatic rings. The van der Waals surface area contributed by atoms with Gasteiger partial charge in [0.25, 0.3) is 5.91 Å². The van der Waals surface area contributed by atoms with Crippen LogP contribution >= 0.6 is 23.2 Å². The largest absolute Gasteiger partial charge is 0.494 e. The van der Waals surface area contributed by atoms with Crippen LogP contribution in [0.15, 0.2) is 48.5 Å². The fourth-order valence-corrected chi connectivity index (χ4v) is 8.43. The third-order valence-corrected chi connectivity index (χ3v) is 11.6. The van der Waals surface area contributed by atoms with E-state index in [1.165, 1.54) is 0 Å². The molecule has 12 heteroatoms. The fraction of sp³-hybridized carbons (Fsp3) is 0.357. The number of aryl methyl sites for hydroxylation is 5. The van der Waals surface area contributed by atoms with Crippen LogP contribution in [-0.4, -0.2) is 74.6 Å². The molecule has 0 unspecified atom stereocenters. The van der Waals surface area contributed by atoms with Crippen LogP contribution in [0, 0.1) is 27.7 Å². The first-order valence-corrected chi connectivity index (χ1v) is 19.0. The van der Waals surface area contributed by atoms with Gasteiger partial charge in [0.2, 0.25) is 0 Å². The van der Waals surface area contributed by atoms with Crippen molar-refractivity contribution >= 4 is 62.7 Å². The smallest absolute Gasteiger partial charge is 0.335 e. The number of aromatic nitrogens is 4. The first-order chi connectivity index (χ1) is 25.7. The van der Waals surface area contributed by atoms with Crippen LogP contribution in [0.5, 0.6) is 5.75 Å². The van der Waals surface area contributed by atoms with Gasteiger partial charge in [-0.3, -0.25) is 14.4 Å². The van der Waals surface area contributed by atoms with E-state index in [1.807, 2.05) is 94.8 Å². The lowest BCUT2D eigenvalue weighted by Crippen LogP contribution is -2.43. The number of carboxylic acids is 1. The second-order valence-corrected chi connectivity index (χ2v) is 15.6. The van der Waals surface area contributed by atoms with E-state index < -0.39 is 5.97 Å². The Morgan fingerprint density at radius 3 is 2.39 bits per heavy atom. The second kappa shape index (κ2) is 14.5. The molecule has 1 aliphatic heterocycles. The average molecular weight is 770 g/mol. The number of fused-ring (bicyclic) bond motifs is 4. The van der Waals surface area contributed by atoms with Gasteiger partial charge in [0.1, 0.15) is 17.3 Å². The number of anilines is 1. The van der Waals surface area contributed by atoms with Crippen molar-refractivity contribution in [2.45, 2.75) is 60.0 Å². The van der Waals surface area contributed by atoms with Crippen LogP contribution in [0.1, 0.15) is 68.3 Å². The Kier molecular flexibility index (Phi) is 10.1. The van der Waals surface area contributed by atoms with E-state index in [1.54, 1.807) is 12.1 Å². The summed E-state index contributed by atoms with van der Waals surface area (Å²) in [5, 5.41) is 17.6. The average Bonchev–Trinajstić information content (AvgIpc) is 3.74. The number of benzene rings is 3. The summed E-state index contributed by atoms with van der Waals surface area (Å²) >= 11 is 13.5. The summed E-state index contributed by atoms with van der Waals surface area (Å²) in [6.07, 6.45) is 1.26. The Hall–Kier alpha value is -4.77. The molecule has 1 N–H and O–H groups in total. The van der Waals surface area contributed by atoms with Crippen molar-refractivity contribution in [2.24, 2.45) is 7.05 Å². The Morgan fingerprint density at radius 1 is 1.02 bits per heavy atom. The number of rotatable bonds is 11. The first-order valence-electron chi connectivity index (χ1n) is 18.3. The van der Waals surface area contributed by atoms with Gasteiger partial charge in [-0.15, -0.1) is 0 Å². The molecule has 1 amide bonds. The highest BCUT2D eigenvalue weighted by Gasteiger charge is 2.38. The highest BCUT2D eigenvalue weighted by molar-refractivity contribution is 6.35. The molecule has 0 bridgehead atoms. The number of carboxylic acid groups (broad SMARTS) is 1. The summed E-state index contributed by atoms with van der Waals surface area (Å²) in [6, 6.07) is 14.9. The molecule has 10 nitrogen and oxygen atoms in total.